The van der Waals surface area contributed by atoms with Gasteiger partial charge in [-0.1, -0.05) is 40.7 Å². The summed E-state index contributed by atoms with van der Waals surface area (Å²) in [6, 6.07) is 15.5. The molecular weight excluding hydrogens is 380 g/mol. The van der Waals surface area contributed by atoms with Gasteiger partial charge in [-0.15, -0.1) is 0 Å². The van der Waals surface area contributed by atoms with E-state index in [1.54, 1.807) is 23.2 Å². The number of hydrogen-bond acceptors (Lipinski definition) is 4. The Balaban J connectivity index is 1.83. The number of nitrogens with zero attached hydrogens (tertiary/aromatic N) is 3. The lowest BCUT2D eigenvalue weighted by Crippen LogP contribution is -2.00. The highest BCUT2D eigenvalue weighted by Gasteiger charge is 2.08. The minimum atomic E-state index is 0.333. The van der Waals surface area contributed by atoms with Crippen LogP contribution in [-0.4, -0.2) is 22.5 Å². The van der Waals surface area contributed by atoms with E-state index in [1.807, 2.05) is 48.5 Å². The van der Waals surface area contributed by atoms with Gasteiger partial charge in [0.2, 0.25) is 5.95 Å². The summed E-state index contributed by atoms with van der Waals surface area (Å²) in [5.41, 5.74) is 8.69. The Morgan fingerprint density at radius 3 is 2.56 bits per heavy atom. The third-order valence-corrected chi connectivity index (χ3v) is 4.00. The second-order valence-corrected chi connectivity index (χ2v) is 6.15. The molecule has 0 spiro atoms. The lowest BCUT2D eigenvalue weighted by atomic mass is 10.2. The van der Waals surface area contributed by atoms with Crippen molar-refractivity contribution in [1.82, 2.24) is 9.66 Å². The summed E-state index contributed by atoms with van der Waals surface area (Å²) < 4.78 is 8.09. The molecule has 25 heavy (non-hydrogen) atoms. The quantitative estimate of drug-likeness (QED) is 0.497. The molecule has 6 heteroatoms. The van der Waals surface area contributed by atoms with Gasteiger partial charge in [-0.2, -0.15) is 9.78 Å². The molecule has 0 aliphatic heterocycles. The first kappa shape index (κ1) is 17.0. The van der Waals surface area contributed by atoms with Gasteiger partial charge in [0.1, 0.15) is 12.4 Å². The summed E-state index contributed by atoms with van der Waals surface area (Å²) in [6.07, 6.45) is 5.15. The molecule has 0 saturated carbocycles. The second-order valence-electron chi connectivity index (χ2n) is 5.23. The van der Waals surface area contributed by atoms with Crippen LogP contribution in [0.3, 0.4) is 0 Å². The lowest BCUT2D eigenvalue weighted by molar-refractivity contribution is 0.363. The molecule has 0 bridgehead atoms. The van der Waals surface area contributed by atoms with E-state index in [0.717, 1.165) is 27.0 Å². The Bertz CT molecular complexity index is 883. The SMILES string of the molecule is C=CCOc1ccc(C=Nn2c(-c3ccc(Br)cc3)cnc2N)cc1. The maximum atomic E-state index is 5.95. The van der Waals surface area contributed by atoms with E-state index in [1.165, 1.54) is 0 Å². The molecule has 126 valence electrons. The molecule has 0 fully saturated rings. The van der Waals surface area contributed by atoms with Crippen LogP contribution in [-0.2, 0) is 0 Å². The summed E-state index contributed by atoms with van der Waals surface area (Å²) in [5, 5.41) is 4.46. The highest BCUT2D eigenvalue weighted by atomic mass is 79.9. The van der Waals surface area contributed by atoms with Crippen molar-refractivity contribution < 1.29 is 4.74 Å². The first-order valence-electron chi connectivity index (χ1n) is 7.64. The van der Waals surface area contributed by atoms with E-state index >= 15 is 0 Å². The van der Waals surface area contributed by atoms with Crippen molar-refractivity contribution in [2.75, 3.05) is 12.3 Å². The summed E-state index contributed by atoms with van der Waals surface area (Å²) in [5.74, 6) is 1.12. The van der Waals surface area contributed by atoms with Gasteiger partial charge < -0.3 is 10.5 Å². The van der Waals surface area contributed by atoms with E-state index in [2.05, 4.69) is 32.6 Å². The van der Waals surface area contributed by atoms with Crippen molar-refractivity contribution >= 4 is 28.1 Å². The van der Waals surface area contributed by atoms with E-state index in [-0.39, 0.29) is 0 Å². The largest absolute Gasteiger partial charge is 0.490 e. The third-order valence-electron chi connectivity index (χ3n) is 3.47. The van der Waals surface area contributed by atoms with Crippen molar-refractivity contribution in [3.8, 4) is 17.0 Å². The van der Waals surface area contributed by atoms with Crippen LogP contribution in [0.25, 0.3) is 11.3 Å². The van der Waals surface area contributed by atoms with Gasteiger partial charge in [-0.3, -0.25) is 0 Å². The van der Waals surface area contributed by atoms with Crippen LogP contribution in [0, 0.1) is 0 Å². The number of benzene rings is 2. The molecule has 0 saturated heterocycles. The van der Waals surface area contributed by atoms with Crippen LogP contribution in [0.15, 0.2) is 77.0 Å². The number of ether oxygens (including phenoxy) is 1. The predicted molar refractivity (Wildman–Crippen MR) is 105 cm³/mol. The van der Waals surface area contributed by atoms with E-state index < -0.39 is 0 Å². The summed E-state index contributed by atoms with van der Waals surface area (Å²) in [7, 11) is 0. The Hall–Kier alpha value is -2.86. The van der Waals surface area contributed by atoms with Crippen LogP contribution in [0.5, 0.6) is 5.75 Å². The average Bonchev–Trinajstić information content (AvgIpc) is 3.00. The molecule has 3 rings (SSSR count). The normalized spacial score (nSPS) is 10.9. The fourth-order valence-electron chi connectivity index (χ4n) is 2.23. The highest BCUT2D eigenvalue weighted by Crippen LogP contribution is 2.23. The minimum absolute atomic E-state index is 0.333. The maximum absolute atomic E-state index is 5.95. The zero-order valence-corrected chi connectivity index (χ0v) is 15.1. The number of nitrogen functional groups attached to an aromatic ring is 1. The number of nitrogens with two attached hydrogens (primary N) is 1. The molecule has 2 aromatic carbocycles. The van der Waals surface area contributed by atoms with E-state index in [9.17, 15) is 0 Å². The molecule has 0 unspecified atom stereocenters. The van der Waals surface area contributed by atoms with Gasteiger partial charge in [0.15, 0.2) is 0 Å². The molecule has 5 nitrogen and oxygen atoms in total. The molecular formula is C19H17BrN4O. The number of hydrogen-bond donors (Lipinski definition) is 1. The molecule has 0 amide bonds. The van der Waals surface area contributed by atoms with Gasteiger partial charge in [0.25, 0.3) is 0 Å². The molecule has 0 atom stereocenters. The van der Waals surface area contributed by atoms with Crippen molar-refractivity contribution in [1.29, 1.82) is 0 Å². The van der Waals surface area contributed by atoms with Crippen molar-refractivity contribution in [3.05, 3.63) is 77.4 Å². The summed E-state index contributed by atoms with van der Waals surface area (Å²) in [6.45, 7) is 4.11. The lowest BCUT2D eigenvalue weighted by Gasteiger charge is -2.05. The van der Waals surface area contributed by atoms with Crippen LogP contribution in [0.1, 0.15) is 5.56 Å². The molecule has 2 N–H and O–H groups in total. The molecule has 1 heterocycles. The fourth-order valence-corrected chi connectivity index (χ4v) is 2.49. The third kappa shape index (κ3) is 4.16. The van der Waals surface area contributed by atoms with Crippen molar-refractivity contribution in [3.63, 3.8) is 0 Å². The van der Waals surface area contributed by atoms with Gasteiger partial charge in [0.05, 0.1) is 18.1 Å². The van der Waals surface area contributed by atoms with Crippen molar-refractivity contribution in [2.45, 2.75) is 0 Å². The zero-order chi connectivity index (χ0) is 17.6. The van der Waals surface area contributed by atoms with E-state index in [0.29, 0.717) is 12.6 Å². The number of imidazole rings is 1. The number of aromatic nitrogens is 2. The number of rotatable bonds is 6. The number of anilines is 1. The first-order valence-corrected chi connectivity index (χ1v) is 8.44. The maximum Gasteiger partial charge on any atom is 0.221 e. The standard InChI is InChI=1S/C19H17BrN4O/c1-2-11-25-17-9-3-14(4-10-17)12-23-24-18(13-22-19(24)21)15-5-7-16(20)8-6-15/h2-10,12-13H,1,11H2,(H2,21,22). The van der Waals surface area contributed by atoms with Gasteiger partial charge in [0, 0.05) is 10.0 Å². The Morgan fingerprint density at radius 2 is 1.88 bits per heavy atom. The molecule has 3 aromatic rings. The monoisotopic (exact) mass is 396 g/mol. The number of halogens is 1. The Morgan fingerprint density at radius 1 is 1.16 bits per heavy atom. The van der Waals surface area contributed by atoms with E-state index in [4.69, 9.17) is 10.5 Å². The molecule has 0 aliphatic carbocycles. The molecule has 1 aromatic heterocycles. The minimum Gasteiger partial charge on any atom is -0.490 e. The zero-order valence-electron chi connectivity index (χ0n) is 13.5. The average molecular weight is 397 g/mol. The van der Waals surface area contributed by atoms with Gasteiger partial charge >= 0.3 is 0 Å². The first-order chi connectivity index (χ1) is 12.2. The molecule has 0 radical (unpaired) electrons. The topological polar surface area (TPSA) is 65.4 Å². The predicted octanol–water partition coefficient (Wildman–Crippen LogP) is 4.34. The fraction of sp³-hybridized carbons (Fsp3) is 0.0526. The van der Waals surface area contributed by atoms with Gasteiger partial charge in [-0.25, -0.2) is 4.98 Å². The highest BCUT2D eigenvalue weighted by molar-refractivity contribution is 9.10. The van der Waals surface area contributed by atoms with Crippen LogP contribution >= 0.6 is 15.9 Å². The second kappa shape index (κ2) is 7.81. The Kier molecular flexibility index (Phi) is 5.30. The van der Waals surface area contributed by atoms with Crippen LogP contribution in [0.4, 0.5) is 5.95 Å². The van der Waals surface area contributed by atoms with Crippen molar-refractivity contribution in [2.24, 2.45) is 5.10 Å². The smallest absolute Gasteiger partial charge is 0.221 e. The van der Waals surface area contributed by atoms with Crippen LogP contribution in [0.2, 0.25) is 0 Å². The molecule has 0 aliphatic rings. The van der Waals surface area contributed by atoms with Gasteiger partial charge in [-0.05, 0) is 42.0 Å². The van der Waals surface area contributed by atoms with Crippen LogP contribution < -0.4 is 10.5 Å². The Labute approximate surface area is 154 Å². The summed E-state index contributed by atoms with van der Waals surface area (Å²) in [4.78, 5) is 4.16. The summed E-state index contributed by atoms with van der Waals surface area (Å²) >= 11 is 3.43.